The fourth-order valence-electron chi connectivity index (χ4n) is 1.94. The van der Waals surface area contributed by atoms with Gasteiger partial charge >= 0.3 is 0 Å². The van der Waals surface area contributed by atoms with Gasteiger partial charge in [0.2, 0.25) is 12.3 Å². The minimum Gasteiger partial charge on any atom is -0.423 e. The first kappa shape index (κ1) is 13.8. The van der Waals surface area contributed by atoms with Gasteiger partial charge in [0, 0.05) is 27.8 Å². The van der Waals surface area contributed by atoms with Crippen LogP contribution in [0.15, 0.2) is 57.7 Å². The Balaban J connectivity index is 1.76. The molecule has 1 N–H and O–H groups in total. The molecular weight excluding hydrogens is 337 g/mol. The molecule has 0 unspecified atom stereocenters. The van der Waals surface area contributed by atoms with Crippen molar-refractivity contribution in [1.29, 1.82) is 0 Å². The van der Waals surface area contributed by atoms with Crippen LogP contribution in [0.2, 0.25) is 0 Å². The smallest absolute Gasteiger partial charge is 0.247 e. The van der Waals surface area contributed by atoms with E-state index in [1.54, 1.807) is 12.1 Å². The van der Waals surface area contributed by atoms with Crippen LogP contribution in [0.25, 0.3) is 11.5 Å². The van der Waals surface area contributed by atoms with Crippen LogP contribution in [0.4, 0.5) is 10.1 Å². The van der Waals surface area contributed by atoms with E-state index in [9.17, 15) is 4.39 Å². The minimum atomic E-state index is -0.237. The highest BCUT2D eigenvalue weighted by Gasteiger charge is 2.06. The van der Waals surface area contributed by atoms with E-state index in [0.29, 0.717) is 18.0 Å². The molecule has 0 amide bonds. The SMILES string of the molecule is Fc1ccc(Br)cc1CNc1cccc(-c2nnco2)c1. The van der Waals surface area contributed by atoms with Crippen LogP contribution >= 0.6 is 15.9 Å². The zero-order chi connectivity index (χ0) is 14.7. The molecule has 106 valence electrons. The monoisotopic (exact) mass is 347 g/mol. The van der Waals surface area contributed by atoms with E-state index in [4.69, 9.17) is 4.42 Å². The third kappa shape index (κ3) is 3.28. The number of anilines is 1. The zero-order valence-electron chi connectivity index (χ0n) is 10.9. The Hall–Kier alpha value is -2.21. The Morgan fingerprint density at radius 1 is 1.19 bits per heavy atom. The van der Waals surface area contributed by atoms with Gasteiger partial charge in [0.05, 0.1) is 0 Å². The average molecular weight is 348 g/mol. The number of nitrogens with zero attached hydrogens (tertiary/aromatic N) is 2. The van der Waals surface area contributed by atoms with Crippen molar-refractivity contribution in [1.82, 2.24) is 10.2 Å². The van der Waals surface area contributed by atoms with Crippen molar-refractivity contribution in [3.63, 3.8) is 0 Å². The van der Waals surface area contributed by atoms with Crippen molar-refractivity contribution in [2.24, 2.45) is 0 Å². The first-order valence-electron chi connectivity index (χ1n) is 6.27. The van der Waals surface area contributed by atoms with Gasteiger partial charge < -0.3 is 9.73 Å². The van der Waals surface area contributed by atoms with Gasteiger partial charge in [0.15, 0.2) is 0 Å². The van der Waals surface area contributed by atoms with E-state index >= 15 is 0 Å². The van der Waals surface area contributed by atoms with Crippen LogP contribution in [-0.4, -0.2) is 10.2 Å². The van der Waals surface area contributed by atoms with Crippen molar-refractivity contribution < 1.29 is 8.81 Å². The molecule has 0 saturated carbocycles. The Bertz CT molecular complexity index is 746. The Kier molecular flexibility index (Phi) is 3.96. The van der Waals surface area contributed by atoms with Crippen LogP contribution in [0.1, 0.15) is 5.56 Å². The quantitative estimate of drug-likeness (QED) is 0.766. The molecule has 0 aliphatic carbocycles. The summed E-state index contributed by atoms with van der Waals surface area (Å²) in [6.45, 7) is 0.387. The predicted molar refractivity (Wildman–Crippen MR) is 81.2 cm³/mol. The van der Waals surface area contributed by atoms with Gasteiger partial charge in [-0.05, 0) is 36.4 Å². The summed E-state index contributed by atoms with van der Waals surface area (Å²) in [6, 6.07) is 12.4. The van der Waals surface area contributed by atoms with Gasteiger partial charge in [-0.25, -0.2) is 4.39 Å². The highest BCUT2D eigenvalue weighted by atomic mass is 79.9. The van der Waals surface area contributed by atoms with Gasteiger partial charge in [-0.15, -0.1) is 10.2 Å². The molecule has 4 nitrogen and oxygen atoms in total. The van der Waals surface area contributed by atoms with Crippen LogP contribution in [-0.2, 0) is 6.54 Å². The maximum atomic E-state index is 13.7. The Morgan fingerprint density at radius 3 is 2.90 bits per heavy atom. The second kappa shape index (κ2) is 6.05. The standard InChI is InChI=1S/C15H11BrFN3O/c16-12-4-5-14(17)11(6-12)8-18-13-3-1-2-10(7-13)15-20-19-9-21-15/h1-7,9,18H,8H2. The van der Waals surface area contributed by atoms with Crippen molar-refractivity contribution in [3.05, 3.63) is 64.7 Å². The molecular formula is C15H11BrFN3O. The van der Waals surface area contributed by atoms with Crippen molar-refractivity contribution in [3.8, 4) is 11.5 Å². The minimum absolute atomic E-state index is 0.237. The number of hydrogen-bond acceptors (Lipinski definition) is 4. The molecule has 0 aliphatic rings. The predicted octanol–water partition coefficient (Wildman–Crippen LogP) is 4.25. The third-order valence-electron chi connectivity index (χ3n) is 2.96. The van der Waals surface area contributed by atoms with Gasteiger partial charge in [-0.3, -0.25) is 0 Å². The number of hydrogen-bond donors (Lipinski definition) is 1. The number of aromatic nitrogens is 2. The van der Waals surface area contributed by atoms with E-state index in [2.05, 4.69) is 31.4 Å². The van der Waals surface area contributed by atoms with Gasteiger partial charge in [-0.2, -0.15) is 0 Å². The highest BCUT2D eigenvalue weighted by molar-refractivity contribution is 9.10. The van der Waals surface area contributed by atoms with E-state index < -0.39 is 0 Å². The second-order valence-corrected chi connectivity index (χ2v) is 5.33. The lowest BCUT2D eigenvalue weighted by molar-refractivity contribution is 0.568. The van der Waals surface area contributed by atoms with Crippen LogP contribution in [0.3, 0.4) is 0 Å². The Labute approximate surface area is 129 Å². The van der Waals surface area contributed by atoms with Gasteiger partial charge in [0.1, 0.15) is 5.82 Å². The van der Waals surface area contributed by atoms with Gasteiger partial charge in [0.25, 0.3) is 0 Å². The lowest BCUT2D eigenvalue weighted by Gasteiger charge is -2.08. The van der Waals surface area contributed by atoms with Crippen molar-refractivity contribution in [2.75, 3.05) is 5.32 Å². The van der Waals surface area contributed by atoms with E-state index in [1.165, 1.54) is 12.5 Å². The summed E-state index contributed by atoms with van der Waals surface area (Å²) in [5.41, 5.74) is 2.25. The molecule has 0 bridgehead atoms. The lowest BCUT2D eigenvalue weighted by atomic mass is 10.1. The summed E-state index contributed by atoms with van der Waals surface area (Å²) in [7, 11) is 0. The summed E-state index contributed by atoms with van der Waals surface area (Å²) in [4.78, 5) is 0. The van der Waals surface area contributed by atoms with E-state index in [1.807, 2.05) is 24.3 Å². The van der Waals surface area contributed by atoms with Gasteiger partial charge in [-0.1, -0.05) is 22.0 Å². The van der Waals surface area contributed by atoms with Crippen molar-refractivity contribution in [2.45, 2.75) is 6.54 Å². The molecule has 0 aliphatic heterocycles. The molecule has 3 aromatic rings. The van der Waals surface area contributed by atoms with E-state index in [0.717, 1.165) is 15.7 Å². The maximum absolute atomic E-state index is 13.7. The third-order valence-corrected chi connectivity index (χ3v) is 3.45. The van der Waals surface area contributed by atoms with E-state index in [-0.39, 0.29) is 5.82 Å². The molecule has 0 radical (unpaired) electrons. The molecule has 0 fully saturated rings. The Morgan fingerprint density at radius 2 is 2.10 bits per heavy atom. The summed E-state index contributed by atoms with van der Waals surface area (Å²) in [5.74, 6) is 0.214. The largest absolute Gasteiger partial charge is 0.423 e. The normalized spacial score (nSPS) is 10.6. The van der Waals surface area contributed by atoms with Crippen molar-refractivity contribution >= 4 is 21.6 Å². The zero-order valence-corrected chi connectivity index (χ0v) is 12.5. The fourth-order valence-corrected chi connectivity index (χ4v) is 2.35. The summed E-state index contributed by atoms with van der Waals surface area (Å²) in [6.07, 6.45) is 1.28. The molecule has 1 aromatic heterocycles. The molecule has 2 aromatic carbocycles. The summed E-state index contributed by atoms with van der Waals surface area (Å²) >= 11 is 3.34. The second-order valence-electron chi connectivity index (χ2n) is 4.41. The maximum Gasteiger partial charge on any atom is 0.247 e. The number of rotatable bonds is 4. The highest BCUT2D eigenvalue weighted by Crippen LogP contribution is 2.22. The average Bonchev–Trinajstić information content (AvgIpc) is 3.03. The number of nitrogens with one attached hydrogen (secondary N) is 1. The first-order chi connectivity index (χ1) is 10.2. The molecule has 1 heterocycles. The summed E-state index contributed by atoms with van der Waals surface area (Å²) in [5, 5.41) is 10.7. The molecule has 3 rings (SSSR count). The van der Waals surface area contributed by atoms with Crippen LogP contribution < -0.4 is 5.32 Å². The van der Waals surface area contributed by atoms with Crippen LogP contribution in [0.5, 0.6) is 0 Å². The first-order valence-corrected chi connectivity index (χ1v) is 7.06. The molecule has 0 spiro atoms. The summed E-state index contributed by atoms with van der Waals surface area (Å²) < 4.78 is 19.7. The molecule has 0 saturated heterocycles. The number of benzene rings is 2. The molecule has 6 heteroatoms. The fraction of sp³-hybridized carbons (Fsp3) is 0.0667. The lowest BCUT2D eigenvalue weighted by Crippen LogP contribution is -2.01. The molecule has 0 atom stereocenters. The topological polar surface area (TPSA) is 51.0 Å². The number of halogens is 2. The molecule has 21 heavy (non-hydrogen) atoms. The van der Waals surface area contributed by atoms with Crippen LogP contribution in [0, 0.1) is 5.82 Å².